The monoisotopic (exact) mass is 391 g/mol. The van der Waals surface area contributed by atoms with Gasteiger partial charge in [-0.15, -0.1) is 5.06 Å². The maximum Gasteiger partial charge on any atom is 0.492 e. The van der Waals surface area contributed by atoms with Crippen LogP contribution in [0.2, 0.25) is 0 Å². The second-order valence-electron chi connectivity index (χ2n) is 5.46. The zero-order valence-electron chi connectivity index (χ0n) is 12.0. The predicted octanol–water partition coefficient (Wildman–Crippen LogP) is 3.64. The summed E-state index contributed by atoms with van der Waals surface area (Å²) in [6, 6.07) is 2.82. The summed E-state index contributed by atoms with van der Waals surface area (Å²) in [4.78, 5) is 20.1. The van der Waals surface area contributed by atoms with Gasteiger partial charge in [0.2, 0.25) is 0 Å². The Labute approximate surface area is 138 Å². The topological polar surface area (TPSA) is 46.8 Å². The second kappa shape index (κ2) is 5.79. The van der Waals surface area contributed by atoms with E-state index in [9.17, 15) is 18.0 Å². The van der Waals surface area contributed by atoms with Crippen LogP contribution >= 0.6 is 15.9 Å². The summed E-state index contributed by atoms with van der Waals surface area (Å²) in [6.45, 7) is 1.72. The predicted molar refractivity (Wildman–Crippen MR) is 78.3 cm³/mol. The molecule has 1 fully saturated rings. The Morgan fingerprint density at radius 2 is 2.09 bits per heavy atom. The van der Waals surface area contributed by atoms with Crippen molar-refractivity contribution in [3.63, 3.8) is 0 Å². The average molecular weight is 392 g/mol. The third kappa shape index (κ3) is 3.20. The number of fused-ring (bicyclic) bond motifs is 1. The number of halogens is 4. The molecule has 0 radical (unpaired) electrons. The summed E-state index contributed by atoms with van der Waals surface area (Å²) in [5, 5.41) is 1.10. The van der Waals surface area contributed by atoms with Gasteiger partial charge in [-0.25, -0.2) is 9.78 Å². The largest absolute Gasteiger partial charge is 0.492 e. The van der Waals surface area contributed by atoms with Crippen LogP contribution < -0.4 is 0 Å². The van der Waals surface area contributed by atoms with Gasteiger partial charge >= 0.3 is 12.1 Å². The normalized spacial score (nSPS) is 22.7. The number of aromatic nitrogens is 2. The van der Waals surface area contributed by atoms with Crippen molar-refractivity contribution in [2.75, 3.05) is 0 Å². The molecule has 0 bridgehead atoms. The van der Waals surface area contributed by atoms with E-state index in [0.29, 0.717) is 24.2 Å². The van der Waals surface area contributed by atoms with Gasteiger partial charge in [0.05, 0.1) is 11.7 Å². The van der Waals surface area contributed by atoms with E-state index in [4.69, 9.17) is 0 Å². The molecular formula is C14H13BrF3N3O2. The van der Waals surface area contributed by atoms with E-state index in [-0.39, 0.29) is 6.04 Å². The van der Waals surface area contributed by atoms with E-state index in [1.54, 1.807) is 29.8 Å². The first-order valence-corrected chi connectivity index (χ1v) is 7.76. The van der Waals surface area contributed by atoms with E-state index < -0.39 is 18.2 Å². The van der Waals surface area contributed by atoms with Crippen LogP contribution in [0.15, 0.2) is 29.0 Å². The van der Waals surface area contributed by atoms with Gasteiger partial charge in [0.15, 0.2) is 0 Å². The SMILES string of the molecule is CC1CCC(c2cn3cc(Br)ccc3n2)N1OC(=O)C(F)(F)F. The van der Waals surface area contributed by atoms with Crippen molar-refractivity contribution in [1.29, 1.82) is 0 Å². The fraction of sp³-hybridized carbons (Fsp3) is 0.429. The lowest BCUT2D eigenvalue weighted by molar-refractivity contribution is -0.248. The van der Waals surface area contributed by atoms with Gasteiger partial charge in [0, 0.05) is 22.9 Å². The van der Waals surface area contributed by atoms with Gasteiger partial charge in [-0.05, 0) is 47.8 Å². The molecule has 2 aromatic heterocycles. The molecule has 0 aliphatic carbocycles. The van der Waals surface area contributed by atoms with Crippen molar-refractivity contribution < 1.29 is 22.8 Å². The number of nitrogens with zero attached hydrogens (tertiary/aromatic N) is 3. The van der Waals surface area contributed by atoms with Gasteiger partial charge in [0.25, 0.3) is 0 Å². The molecule has 0 aromatic carbocycles. The molecule has 0 spiro atoms. The maximum absolute atomic E-state index is 12.4. The van der Waals surface area contributed by atoms with Crippen molar-refractivity contribution in [2.24, 2.45) is 0 Å². The Balaban J connectivity index is 1.88. The van der Waals surface area contributed by atoms with Crippen molar-refractivity contribution >= 4 is 27.5 Å². The van der Waals surface area contributed by atoms with Crippen molar-refractivity contribution in [2.45, 2.75) is 38.0 Å². The quantitative estimate of drug-likeness (QED) is 0.783. The number of imidazole rings is 1. The van der Waals surface area contributed by atoms with E-state index in [0.717, 1.165) is 9.54 Å². The minimum absolute atomic E-state index is 0.303. The van der Waals surface area contributed by atoms with E-state index >= 15 is 0 Å². The number of hydrogen-bond acceptors (Lipinski definition) is 4. The number of hydrogen-bond donors (Lipinski definition) is 0. The fourth-order valence-corrected chi connectivity index (χ4v) is 3.04. The molecule has 2 unspecified atom stereocenters. The Hall–Kier alpha value is -1.61. The highest BCUT2D eigenvalue weighted by molar-refractivity contribution is 9.10. The van der Waals surface area contributed by atoms with Crippen LogP contribution in [0.5, 0.6) is 0 Å². The van der Waals surface area contributed by atoms with Crippen molar-refractivity contribution in [3.05, 3.63) is 34.7 Å². The van der Waals surface area contributed by atoms with Crippen LogP contribution in [0.3, 0.4) is 0 Å². The number of alkyl halides is 3. The van der Waals surface area contributed by atoms with E-state index in [1.165, 1.54) is 0 Å². The Kier molecular flexibility index (Phi) is 4.09. The Morgan fingerprint density at radius 3 is 2.78 bits per heavy atom. The fourth-order valence-electron chi connectivity index (χ4n) is 2.68. The lowest BCUT2D eigenvalue weighted by Crippen LogP contribution is -2.38. The van der Waals surface area contributed by atoms with Gasteiger partial charge in [-0.3, -0.25) is 0 Å². The zero-order valence-corrected chi connectivity index (χ0v) is 13.6. The lowest BCUT2D eigenvalue weighted by Gasteiger charge is -2.25. The molecule has 3 heterocycles. The molecule has 124 valence electrons. The smallest absolute Gasteiger partial charge is 0.360 e. The van der Waals surface area contributed by atoms with Gasteiger partial charge < -0.3 is 9.24 Å². The summed E-state index contributed by atoms with van der Waals surface area (Å²) < 4.78 is 40.0. The van der Waals surface area contributed by atoms with Crippen LogP contribution in [0, 0.1) is 0 Å². The summed E-state index contributed by atoms with van der Waals surface area (Å²) in [5.74, 6) is -2.21. The third-order valence-electron chi connectivity index (χ3n) is 3.79. The van der Waals surface area contributed by atoms with E-state index in [1.807, 2.05) is 6.07 Å². The highest BCUT2D eigenvalue weighted by Crippen LogP contribution is 2.37. The number of hydroxylamine groups is 2. The zero-order chi connectivity index (χ0) is 16.8. The van der Waals surface area contributed by atoms with Crippen LogP contribution in [0.25, 0.3) is 5.65 Å². The molecule has 9 heteroatoms. The minimum atomic E-state index is -5.02. The molecule has 2 aromatic rings. The Bertz CT molecular complexity index is 746. The summed E-state index contributed by atoms with van der Waals surface area (Å²) in [6.07, 6.45) is -0.297. The first-order chi connectivity index (χ1) is 10.8. The van der Waals surface area contributed by atoms with Crippen LogP contribution in [0.4, 0.5) is 13.2 Å². The highest BCUT2D eigenvalue weighted by atomic mass is 79.9. The van der Waals surface area contributed by atoms with Gasteiger partial charge in [-0.1, -0.05) is 0 Å². The van der Waals surface area contributed by atoms with Crippen LogP contribution in [-0.4, -0.2) is 32.6 Å². The molecule has 0 amide bonds. The lowest BCUT2D eigenvalue weighted by atomic mass is 10.1. The van der Waals surface area contributed by atoms with Crippen molar-refractivity contribution in [3.8, 4) is 0 Å². The third-order valence-corrected chi connectivity index (χ3v) is 4.26. The van der Waals surface area contributed by atoms with E-state index in [2.05, 4.69) is 25.8 Å². The highest BCUT2D eigenvalue weighted by Gasteiger charge is 2.46. The summed E-state index contributed by atoms with van der Waals surface area (Å²) >= 11 is 3.35. The summed E-state index contributed by atoms with van der Waals surface area (Å²) in [7, 11) is 0. The number of pyridine rings is 1. The first-order valence-electron chi connectivity index (χ1n) is 6.97. The molecular weight excluding hydrogens is 379 g/mol. The number of rotatable bonds is 2. The van der Waals surface area contributed by atoms with Crippen LogP contribution in [0.1, 0.15) is 31.5 Å². The molecule has 23 heavy (non-hydrogen) atoms. The maximum atomic E-state index is 12.4. The molecule has 5 nitrogen and oxygen atoms in total. The number of carbonyl (C=O) groups is 1. The molecule has 1 saturated heterocycles. The average Bonchev–Trinajstić information content (AvgIpc) is 3.01. The van der Waals surface area contributed by atoms with Gasteiger partial charge in [0.1, 0.15) is 5.65 Å². The molecule has 1 aliphatic heterocycles. The molecule has 2 atom stereocenters. The van der Waals surface area contributed by atoms with Crippen LogP contribution in [-0.2, 0) is 9.63 Å². The molecule has 3 rings (SSSR count). The molecule has 0 saturated carbocycles. The first kappa shape index (κ1) is 16.3. The van der Waals surface area contributed by atoms with Gasteiger partial charge in [-0.2, -0.15) is 13.2 Å². The minimum Gasteiger partial charge on any atom is -0.360 e. The van der Waals surface area contributed by atoms with Crippen molar-refractivity contribution in [1.82, 2.24) is 14.4 Å². The number of carbonyl (C=O) groups excluding carboxylic acids is 1. The standard InChI is InChI=1S/C14H13BrF3N3O2/c1-8-2-4-11(21(8)23-13(22)14(16,17)18)10-7-20-6-9(15)3-5-12(20)19-10/h3,5-8,11H,2,4H2,1H3. The second-order valence-corrected chi connectivity index (χ2v) is 6.37. The molecule has 1 aliphatic rings. The summed E-state index contributed by atoms with van der Waals surface area (Å²) in [5.41, 5.74) is 1.24. The Morgan fingerprint density at radius 1 is 1.35 bits per heavy atom. The molecule has 0 N–H and O–H groups in total.